The van der Waals surface area contributed by atoms with E-state index in [4.69, 9.17) is 10.9 Å². The summed E-state index contributed by atoms with van der Waals surface area (Å²) >= 11 is 3.16. The maximum absolute atomic E-state index is 12.2. The van der Waals surface area contributed by atoms with Gasteiger partial charge in [0.15, 0.2) is 5.84 Å². The standard InChI is InChI=1S/C10H13BrN4O3S/c11-7-3-8(5-13-4-7)19(17,18)15-9(6-1-2-6)10(12)14-16/h3-6,9,15-16H,1-2H2,(H2,12,14). The number of rotatable bonds is 5. The lowest BCUT2D eigenvalue weighted by Gasteiger charge is -2.16. The van der Waals surface area contributed by atoms with Gasteiger partial charge in [-0.2, -0.15) is 0 Å². The van der Waals surface area contributed by atoms with Crippen LogP contribution < -0.4 is 10.5 Å². The molecule has 0 radical (unpaired) electrons. The minimum Gasteiger partial charge on any atom is -0.409 e. The Morgan fingerprint density at radius 2 is 2.26 bits per heavy atom. The van der Waals surface area contributed by atoms with Crippen LogP contribution in [-0.2, 0) is 10.0 Å². The quantitative estimate of drug-likeness (QED) is 0.312. The van der Waals surface area contributed by atoms with E-state index in [-0.39, 0.29) is 16.6 Å². The van der Waals surface area contributed by atoms with Crippen LogP contribution in [0.4, 0.5) is 0 Å². The van der Waals surface area contributed by atoms with E-state index in [0.29, 0.717) is 4.47 Å². The Labute approximate surface area is 119 Å². The highest BCUT2D eigenvalue weighted by Gasteiger charge is 2.37. The van der Waals surface area contributed by atoms with Crippen molar-refractivity contribution >= 4 is 31.8 Å². The number of sulfonamides is 1. The zero-order chi connectivity index (χ0) is 14.0. The maximum atomic E-state index is 12.2. The third-order valence-corrected chi connectivity index (χ3v) is 4.64. The predicted octanol–water partition coefficient (Wildman–Crippen LogP) is 0.647. The van der Waals surface area contributed by atoms with Crippen LogP contribution >= 0.6 is 15.9 Å². The van der Waals surface area contributed by atoms with Crippen LogP contribution in [0.3, 0.4) is 0 Å². The third kappa shape index (κ3) is 3.43. The van der Waals surface area contributed by atoms with Gasteiger partial charge in [0.05, 0.1) is 6.04 Å². The summed E-state index contributed by atoms with van der Waals surface area (Å²) in [6.07, 6.45) is 4.42. The molecule has 4 N–H and O–H groups in total. The lowest BCUT2D eigenvalue weighted by Crippen LogP contribution is -2.46. The van der Waals surface area contributed by atoms with Crippen molar-refractivity contribution in [3.63, 3.8) is 0 Å². The van der Waals surface area contributed by atoms with Crippen LogP contribution in [0, 0.1) is 5.92 Å². The molecule has 1 unspecified atom stereocenters. The molecule has 0 spiro atoms. The van der Waals surface area contributed by atoms with Gasteiger partial charge in [-0.15, -0.1) is 0 Å². The fourth-order valence-electron chi connectivity index (χ4n) is 1.66. The number of nitrogens with two attached hydrogens (primary N) is 1. The molecule has 1 aromatic rings. The summed E-state index contributed by atoms with van der Waals surface area (Å²) in [5.41, 5.74) is 5.52. The second kappa shape index (κ2) is 5.43. The molecule has 9 heteroatoms. The molecular weight excluding hydrogens is 336 g/mol. The van der Waals surface area contributed by atoms with Gasteiger partial charge in [0.25, 0.3) is 0 Å². The Hall–Kier alpha value is -1.19. The number of halogens is 1. The molecule has 1 atom stereocenters. The Kier molecular flexibility index (Phi) is 4.07. The largest absolute Gasteiger partial charge is 0.409 e. The Morgan fingerprint density at radius 3 is 2.79 bits per heavy atom. The van der Waals surface area contributed by atoms with Gasteiger partial charge in [0.2, 0.25) is 10.0 Å². The molecule has 1 heterocycles. The van der Waals surface area contributed by atoms with Gasteiger partial charge < -0.3 is 10.9 Å². The Morgan fingerprint density at radius 1 is 1.58 bits per heavy atom. The second-order valence-electron chi connectivity index (χ2n) is 4.30. The van der Waals surface area contributed by atoms with Crippen molar-refractivity contribution in [3.8, 4) is 0 Å². The molecule has 2 rings (SSSR count). The highest BCUT2D eigenvalue weighted by atomic mass is 79.9. The zero-order valence-electron chi connectivity index (χ0n) is 9.82. The summed E-state index contributed by atoms with van der Waals surface area (Å²) in [4.78, 5) is 3.83. The lowest BCUT2D eigenvalue weighted by atomic mass is 10.2. The zero-order valence-corrected chi connectivity index (χ0v) is 12.2. The molecule has 7 nitrogen and oxygen atoms in total. The third-order valence-electron chi connectivity index (χ3n) is 2.80. The molecule has 0 amide bonds. The van der Waals surface area contributed by atoms with E-state index < -0.39 is 16.1 Å². The fraction of sp³-hybridized carbons (Fsp3) is 0.400. The van der Waals surface area contributed by atoms with Crippen molar-refractivity contribution in [2.75, 3.05) is 0 Å². The fourth-order valence-corrected chi connectivity index (χ4v) is 3.45. The highest BCUT2D eigenvalue weighted by Crippen LogP contribution is 2.33. The Balaban J connectivity index is 2.25. The number of amidine groups is 1. The molecule has 104 valence electrons. The molecule has 0 bridgehead atoms. The summed E-state index contributed by atoms with van der Waals surface area (Å²) in [6.45, 7) is 0. The topological polar surface area (TPSA) is 118 Å². The number of pyridine rings is 1. The van der Waals surface area contributed by atoms with Crippen LogP contribution in [0.5, 0.6) is 0 Å². The molecule has 0 aliphatic heterocycles. The van der Waals surface area contributed by atoms with Gasteiger partial charge in [-0.05, 0) is 40.8 Å². The second-order valence-corrected chi connectivity index (χ2v) is 6.93. The smallest absolute Gasteiger partial charge is 0.242 e. The molecule has 1 fully saturated rings. The minimum absolute atomic E-state index is 0.0262. The monoisotopic (exact) mass is 348 g/mol. The molecule has 19 heavy (non-hydrogen) atoms. The van der Waals surface area contributed by atoms with Crippen LogP contribution in [0.2, 0.25) is 0 Å². The number of hydrogen-bond acceptors (Lipinski definition) is 5. The highest BCUT2D eigenvalue weighted by molar-refractivity contribution is 9.10. The van der Waals surface area contributed by atoms with Crippen LogP contribution in [0.15, 0.2) is 33.0 Å². The van der Waals surface area contributed by atoms with Gasteiger partial charge in [-0.25, -0.2) is 13.1 Å². The molecular formula is C10H13BrN4O3S. The van der Waals surface area contributed by atoms with Crippen molar-refractivity contribution < 1.29 is 13.6 Å². The number of nitrogens with zero attached hydrogens (tertiary/aromatic N) is 2. The first-order chi connectivity index (χ1) is 8.94. The van der Waals surface area contributed by atoms with Gasteiger partial charge >= 0.3 is 0 Å². The molecule has 1 aliphatic rings. The molecule has 0 aromatic carbocycles. The van der Waals surface area contributed by atoms with Gasteiger partial charge in [0.1, 0.15) is 4.90 Å². The molecule has 1 aromatic heterocycles. The van der Waals surface area contributed by atoms with Crippen LogP contribution in [0.1, 0.15) is 12.8 Å². The normalized spacial score (nSPS) is 18.3. The molecule has 1 aliphatic carbocycles. The Bertz CT molecular complexity index is 601. The lowest BCUT2D eigenvalue weighted by molar-refractivity contribution is 0.314. The van der Waals surface area contributed by atoms with E-state index >= 15 is 0 Å². The average Bonchev–Trinajstić information content (AvgIpc) is 3.19. The summed E-state index contributed by atoms with van der Waals surface area (Å²) in [5.74, 6) is -0.0557. The van der Waals surface area contributed by atoms with Gasteiger partial charge in [-0.1, -0.05) is 5.16 Å². The molecule has 1 saturated carbocycles. The van der Waals surface area contributed by atoms with E-state index in [1.807, 2.05) is 0 Å². The summed E-state index contributed by atoms with van der Waals surface area (Å²) in [6, 6.07) is 0.750. The van der Waals surface area contributed by atoms with Crippen molar-refractivity contribution in [1.82, 2.24) is 9.71 Å². The predicted molar refractivity (Wildman–Crippen MR) is 72.2 cm³/mol. The van der Waals surface area contributed by atoms with E-state index in [1.165, 1.54) is 18.5 Å². The average molecular weight is 349 g/mol. The number of oxime groups is 1. The minimum atomic E-state index is -3.76. The summed E-state index contributed by atoms with van der Waals surface area (Å²) < 4.78 is 27.4. The van der Waals surface area contributed by atoms with Gasteiger partial charge in [0, 0.05) is 16.9 Å². The van der Waals surface area contributed by atoms with E-state index in [0.717, 1.165) is 12.8 Å². The first-order valence-electron chi connectivity index (χ1n) is 5.54. The maximum Gasteiger partial charge on any atom is 0.242 e. The van der Waals surface area contributed by atoms with Crippen LogP contribution in [-0.4, -0.2) is 30.5 Å². The SMILES string of the molecule is NC(=NO)C(NS(=O)(=O)c1cncc(Br)c1)C1CC1. The van der Waals surface area contributed by atoms with E-state index in [2.05, 4.69) is 30.8 Å². The summed E-state index contributed by atoms with van der Waals surface area (Å²) in [5, 5.41) is 11.6. The van der Waals surface area contributed by atoms with E-state index in [9.17, 15) is 8.42 Å². The number of hydrogen-bond donors (Lipinski definition) is 3. The van der Waals surface area contributed by atoms with Gasteiger partial charge in [-0.3, -0.25) is 4.98 Å². The van der Waals surface area contributed by atoms with Crippen molar-refractivity contribution in [2.45, 2.75) is 23.8 Å². The van der Waals surface area contributed by atoms with Crippen molar-refractivity contribution in [1.29, 1.82) is 0 Å². The van der Waals surface area contributed by atoms with Crippen molar-refractivity contribution in [3.05, 3.63) is 22.9 Å². The summed E-state index contributed by atoms with van der Waals surface area (Å²) in [7, 11) is -3.76. The number of aromatic nitrogens is 1. The van der Waals surface area contributed by atoms with E-state index in [1.54, 1.807) is 0 Å². The first kappa shape index (κ1) is 14.2. The first-order valence-corrected chi connectivity index (χ1v) is 7.82. The number of nitrogens with one attached hydrogen (secondary N) is 1. The molecule has 0 saturated heterocycles. The van der Waals surface area contributed by atoms with Crippen molar-refractivity contribution in [2.24, 2.45) is 16.8 Å². The van der Waals surface area contributed by atoms with Crippen LogP contribution in [0.25, 0.3) is 0 Å².